The third-order valence-electron chi connectivity index (χ3n) is 2.80. The SMILES string of the molecule is Cn1cc(/C=C/CCCN)c2ccccc21. The number of benzene rings is 1. The van der Waals surface area contributed by atoms with Crippen molar-refractivity contribution in [3.63, 3.8) is 0 Å². The summed E-state index contributed by atoms with van der Waals surface area (Å²) in [6.07, 6.45) is 8.68. The molecule has 0 spiro atoms. The quantitative estimate of drug-likeness (QED) is 0.779. The fourth-order valence-corrected chi connectivity index (χ4v) is 1.95. The van der Waals surface area contributed by atoms with E-state index in [0.717, 1.165) is 19.4 Å². The number of aromatic nitrogens is 1. The molecule has 0 aliphatic heterocycles. The topological polar surface area (TPSA) is 30.9 Å². The Kier molecular flexibility index (Phi) is 3.42. The molecule has 1 aromatic carbocycles. The number of nitrogens with zero attached hydrogens (tertiary/aromatic N) is 1. The van der Waals surface area contributed by atoms with Crippen LogP contribution in [-0.4, -0.2) is 11.1 Å². The lowest BCUT2D eigenvalue weighted by molar-refractivity contribution is 0.857. The molecule has 0 radical (unpaired) electrons. The first kappa shape index (κ1) is 11.0. The summed E-state index contributed by atoms with van der Waals surface area (Å²) in [4.78, 5) is 0. The van der Waals surface area contributed by atoms with Crippen LogP contribution in [0.4, 0.5) is 0 Å². The highest BCUT2D eigenvalue weighted by Crippen LogP contribution is 2.21. The molecule has 2 nitrogen and oxygen atoms in total. The number of hydrogen-bond donors (Lipinski definition) is 1. The average molecular weight is 214 g/mol. The van der Waals surface area contributed by atoms with Gasteiger partial charge in [0.15, 0.2) is 0 Å². The summed E-state index contributed by atoms with van der Waals surface area (Å²) in [5.74, 6) is 0. The van der Waals surface area contributed by atoms with Gasteiger partial charge in [-0.2, -0.15) is 0 Å². The van der Waals surface area contributed by atoms with Crippen LogP contribution >= 0.6 is 0 Å². The minimum Gasteiger partial charge on any atom is -0.350 e. The minimum atomic E-state index is 0.764. The summed E-state index contributed by atoms with van der Waals surface area (Å²) in [6.45, 7) is 0.764. The van der Waals surface area contributed by atoms with Crippen LogP contribution in [0.15, 0.2) is 36.5 Å². The zero-order valence-electron chi connectivity index (χ0n) is 9.69. The van der Waals surface area contributed by atoms with E-state index >= 15 is 0 Å². The van der Waals surface area contributed by atoms with E-state index in [-0.39, 0.29) is 0 Å². The van der Waals surface area contributed by atoms with Crippen molar-refractivity contribution in [2.45, 2.75) is 12.8 Å². The number of fused-ring (bicyclic) bond motifs is 1. The normalized spacial score (nSPS) is 11.6. The molecular formula is C14H18N2. The number of allylic oxidation sites excluding steroid dienone is 1. The Morgan fingerprint density at radius 1 is 1.31 bits per heavy atom. The Morgan fingerprint density at radius 3 is 2.94 bits per heavy atom. The molecular weight excluding hydrogens is 196 g/mol. The van der Waals surface area contributed by atoms with Gasteiger partial charge in [-0.25, -0.2) is 0 Å². The van der Waals surface area contributed by atoms with E-state index < -0.39 is 0 Å². The van der Waals surface area contributed by atoms with Gasteiger partial charge in [0.2, 0.25) is 0 Å². The summed E-state index contributed by atoms with van der Waals surface area (Å²) >= 11 is 0. The highest BCUT2D eigenvalue weighted by Gasteiger charge is 2.01. The van der Waals surface area contributed by atoms with E-state index in [1.54, 1.807) is 0 Å². The van der Waals surface area contributed by atoms with Gasteiger partial charge in [0.1, 0.15) is 0 Å². The van der Waals surface area contributed by atoms with Gasteiger partial charge in [-0.05, 0) is 31.0 Å². The average Bonchev–Trinajstić information content (AvgIpc) is 2.63. The van der Waals surface area contributed by atoms with Gasteiger partial charge in [0, 0.05) is 24.1 Å². The Morgan fingerprint density at radius 2 is 2.12 bits per heavy atom. The molecule has 0 fully saturated rings. The second kappa shape index (κ2) is 4.99. The maximum atomic E-state index is 5.46. The van der Waals surface area contributed by atoms with Crippen molar-refractivity contribution in [2.24, 2.45) is 12.8 Å². The molecule has 1 aromatic heterocycles. The highest BCUT2D eigenvalue weighted by atomic mass is 14.9. The minimum absolute atomic E-state index is 0.764. The van der Waals surface area contributed by atoms with Crippen LogP contribution in [0.5, 0.6) is 0 Å². The zero-order valence-corrected chi connectivity index (χ0v) is 9.69. The fourth-order valence-electron chi connectivity index (χ4n) is 1.95. The lowest BCUT2D eigenvalue weighted by Gasteiger charge is -1.93. The molecule has 0 aliphatic rings. The van der Waals surface area contributed by atoms with E-state index in [1.165, 1.54) is 16.5 Å². The maximum Gasteiger partial charge on any atom is 0.0483 e. The Labute approximate surface area is 96.4 Å². The van der Waals surface area contributed by atoms with Crippen LogP contribution in [0.2, 0.25) is 0 Å². The van der Waals surface area contributed by atoms with Crippen molar-refractivity contribution < 1.29 is 0 Å². The summed E-state index contributed by atoms with van der Waals surface area (Å²) in [5, 5.41) is 1.31. The van der Waals surface area contributed by atoms with E-state index in [0.29, 0.717) is 0 Å². The molecule has 0 aliphatic carbocycles. The van der Waals surface area contributed by atoms with Crippen LogP contribution in [0.1, 0.15) is 18.4 Å². The number of nitrogens with two attached hydrogens (primary N) is 1. The molecule has 2 rings (SSSR count). The van der Waals surface area contributed by atoms with Gasteiger partial charge in [-0.3, -0.25) is 0 Å². The molecule has 2 aromatic rings. The summed E-state index contributed by atoms with van der Waals surface area (Å²) in [7, 11) is 2.08. The highest BCUT2D eigenvalue weighted by molar-refractivity contribution is 5.89. The van der Waals surface area contributed by atoms with Crippen LogP contribution in [0, 0.1) is 0 Å². The zero-order chi connectivity index (χ0) is 11.4. The predicted molar refractivity (Wildman–Crippen MR) is 70.2 cm³/mol. The smallest absolute Gasteiger partial charge is 0.0483 e. The second-order valence-corrected chi connectivity index (χ2v) is 4.05. The number of unbranched alkanes of at least 4 members (excludes halogenated alkanes) is 1. The van der Waals surface area contributed by atoms with Crippen molar-refractivity contribution in [2.75, 3.05) is 6.54 Å². The molecule has 2 heteroatoms. The number of aryl methyl sites for hydroxylation is 1. The molecule has 1 heterocycles. The van der Waals surface area contributed by atoms with E-state index in [9.17, 15) is 0 Å². The van der Waals surface area contributed by atoms with Crippen molar-refractivity contribution in [1.29, 1.82) is 0 Å². The van der Waals surface area contributed by atoms with Crippen LogP contribution in [0.3, 0.4) is 0 Å². The van der Waals surface area contributed by atoms with Crippen LogP contribution in [0.25, 0.3) is 17.0 Å². The summed E-state index contributed by atoms with van der Waals surface area (Å²) in [6, 6.07) is 8.47. The Balaban J connectivity index is 2.27. The molecule has 0 amide bonds. The maximum absolute atomic E-state index is 5.46. The fraction of sp³-hybridized carbons (Fsp3) is 0.286. The van der Waals surface area contributed by atoms with Crippen LogP contribution in [-0.2, 0) is 7.05 Å². The predicted octanol–water partition coefficient (Wildman–Crippen LogP) is 2.93. The standard InChI is InChI=1S/C14H18N2/c1-16-11-12(7-3-2-6-10-15)13-8-4-5-9-14(13)16/h3-5,7-9,11H,2,6,10,15H2,1H3/b7-3+. The first-order chi connectivity index (χ1) is 7.83. The number of rotatable bonds is 4. The molecule has 0 atom stereocenters. The van der Waals surface area contributed by atoms with Crippen LogP contribution < -0.4 is 5.73 Å². The molecule has 2 N–H and O–H groups in total. The third-order valence-corrected chi connectivity index (χ3v) is 2.80. The van der Waals surface area contributed by atoms with Gasteiger partial charge < -0.3 is 10.3 Å². The molecule has 0 unspecified atom stereocenters. The number of para-hydroxylation sites is 1. The van der Waals surface area contributed by atoms with E-state index in [4.69, 9.17) is 5.73 Å². The Hall–Kier alpha value is -1.54. The van der Waals surface area contributed by atoms with Gasteiger partial charge in [0.05, 0.1) is 0 Å². The summed E-state index contributed by atoms with van der Waals surface area (Å²) in [5.41, 5.74) is 8.03. The van der Waals surface area contributed by atoms with E-state index in [2.05, 4.69) is 54.2 Å². The third kappa shape index (κ3) is 2.17. The Bertz CT molecular complexity index is 494. The second-order valence-electron chi connectivity index (χ2n) is 4.05. The first-order valence-electron chi connectivity index (χ1n) is 5.73. The van der Waals surface area contributed by atoms with Gasteiger partial charge in [-0.15, -0.1) is 0 Å². The molecule has 84 valence electrons. The first-order valence-corrected chi connectivity index (χ1v) is 5.73. The monoisotopic (exact) mass is 214 g/mol. The molecule has 16 heavy (non-hydrogen) atoms. The molecule has 0 saturated carbocycles. The summed E-state index contributed by atoms with van der Waals surface area (Å²) < 4.78 is 2.16. The van der Waals surface area contributed by atoms with E-state index in [1.807, 2.05) is 0 Å². The molecule has 0 saturated heterocycles. The lowest BCUT2D eigenvalue weighted by atomic mass is 10.1. The molecule has 0 bridgehead atoms. The van der Waals surface area contributed by atoms with Crippen molar-refractivity contribution in [3.05, 3.63) is 42.1 Å². The van der Waals surface area contributed by atoms with Crippen molar-refractivity contribution >= 4 is 17.0 Å². The van der Waals surface area contributed by atoms with Gasteiger partial charge >= 0.3 is 0 Å². The number of hydrogen-bond acceptors (Lipinski definition) is 1. The largest absolute Gasteiger partial charge is 0.350 e. The lowest BCUT2D eigenvalue weighted by Crippen LogP contribution is -1.96. The van der Waals surface area contributed by atoms with Crippen molar-refractivity contribution in [1.82, 2.24) is 4.57 Å². The van der Waals surface area contributed by atoms with Gasteiger partial charge in [-0.1, -0.05) is 30.4 Å². The van der Waals surface area contributed by atoms with Gasteiger partial charge in [0.25, 0.3) is 0 Å². The van der Waals surface area contributed by atoms with Crippen molar-refractivity contribution in [3.8, 4) is 0 Å².